The summed E-state index contributed by atoms with van der Waals surface area (Å²) in [6.45, 7) is 0.483. The Morgan fingerprint density at radius 1 is 1.78 bits per heavy atom. The molecule has 0 spiro atoms. The van der Waals surface area contributed by atoms with Crippen molar-refractivity contribution in [1.29, 1.82) is 5.26 Å². The fourth-order valence-corrected chi connectivity index (χ4v) is 0.796. The SMILES string of the molecule is N#CC1CCCOC1=O. The van der Waals surface area contributed by atoms with Crippen LogP contribution in [0.3, 0.4) is 0 Å². The maximum absolute atomic E-state index is 10.6. The molecule has 0 aromatic carbocycles. The lowest BCUT2D eigenvalue weighted by Crippen LogP contribution is -2.22. The molecule has 1 heterocycles. The lowest BCUT2D eigenvalue weighted by atomic mass is 10.0. The summed E-state index contributed by atoms with van der Waals surface area (Å²) in [5.41, 5.74) is 0. The van der Waals surface area contributed by atoms with Gasteiger partial charge in [-0.3, -0.25) is 4.79 Å². The van der Waals surface area contributed by atoms with Crippen molar-refractivity contribution in [2.24, 2.45) is 5.92 Å². The molecule has 0 aliphatic carbocycles. The molecule has 1 aliphatic heterocycles. The molecule has 0 saturated carbocycles. The Balaban J connectivity index is 2.51. The summed E-state index contributed by atoms with van der Waals surface area (Å²) in [5, 5.41) is 8.31. The average Bonchev–Trinajstić information content (AvgIpc) is 1.89. The van der Waals surface area contributed by atoms with Crippen LogP contribution in [0.15, 0.2) is 0 Å². The Kier molecular flexibility index (Phi) is 1.69. The molecule has 1 fully saturated rings. The highest BCUT2D eigenvalue weighted by atomic mass is 16.5. The van der Waals surface area contributed by atoms with E-state index in [2.05, 4.69) is 4.74 Å². The average molecular weight is 125 g/mol. The lowest BCUT2D eigenvalue weighted by molar-refractivity contribution is -0.150. The predicted molar refractivity (Wildman–Crippen MR) is 29.3 cm³/mol. The highest BCUT2D eigenvalue weighted by Gasteiger charge is 2.22. The van der Waals surface area contributed by atoms with Crippen molar-refractivity contribution < 1.29 is 9.53 Å². The van der Waals surface area contributed by atoms with E-state index in [-0.39, 0.29) is 5.97 Å². The monoisotopic (exact) mass is 125 g/mol. The normalized spacial score (nSPS) is 26.6. The first-order valence-electron chi connectivity index (χ1n) is 2.91. The van der Waals surface area contributed by atoms with Crippen molar-refractivity contribution in [3.05, 3.63) is 0 Å². The zero-order valence-electron chi connectivity index (χ0n) is 4.96. The Labute approximate surface area is 53.2 Å². The molecule has 3 heteroatoms. The molecule has 1 unspecified atom stereocenters. The van der Waals surface area contributed by atoms with E-state index >= 15 is 0 Å². The van der Waals surface area contributed by atoms with Gasteiger partial charge in [0.25, 0.3) is 0 Å². The van der Waals surface area contributed by atoms with Crippen molar-refractivity contribution in [2.75, 3.05) is 6.61 Å². The first-order chi connectivity index (χ1) is 4.34. The number of ether oxygens (including phenoxy) is 1. The number of nitrogens with zero attached hydrogens (tertiary/aromatic N) is 1. The van der Waals surface area contributed by atoms with Crippen molar-refractivity contribution in [3.8, 4) is 6.07 Å². The second-order valence-electron chi connectivity index (χ2n) is 1.99. The van der Waals surface area contributed by atoms with E-state index < -0.39 is 5.92 Å². The molecule has 0 bridgehead atoms. The topological polar surface area (TPSA) is 50.1 Å². The van der Waals surface area contributed by atoms with Crippen LogP contribution in [0.2, 0.25) is 0 Å². The molecule has 0 amide bonds. The van der Waals surface area contributed by atoms with Crippen LogP contribution >= 0.6 is 0 Å². The smallest absolute Gasteiger partial charge is 0.323 e. The van der Waals surface area contributed by atoms with Crippen LogP contribution in [0.5, 0.6) is 0 Å². The Hall–Kier alpha value is -1.04. The number of hydrogen-bond donors (Lipinski definition) is 0. The van der Waals surface area contributed by atoms with Crippen molar-refractivity contribution in [1.82, 2.24) is 0 Å². The summed E-state index contributed by atoms with van der Waals surface area (Å²) in [6, 6.07) is 1.88. The molecule has 48 valence electrons. The summed E-state index contributed by atoms with van der Waals surface area (Å²) in [5.74, 6) is -0.859. The molecule has 3 nitrogen and oxygen atoms in total. The van der Waals surface area contributed by atoms with Gasteiger partial charge in [0.2, 0.25) is 0 Å². The highest BCUT2D eigenvalue weighted by Crippen LogP contribution is 2.12. The standard InChI is InChI=1S/C6H7NO2/c7-4-5-2-1-3-9-6(5)8/h5H,1-3H2. The van der Waals surface area contributed by atoms with Crippen LogP contribution < -0.4 is 0 Å². The Morgan fingerprint density at radius 2 is 2.56 bits per heavy atom. The number of carbonyl (C=O) groups is 1. The molecule has 1 saturated heterocycles. The first-order valence-corrected chi connectivity index (χ1v) is 2.91. The molecular weight excluding hydrogens is 118 g/mol. The van der Waals surface area contributed by atoms with Gasteiger partial charge in [0.1, 0.15) is 5.92 Å². The molecular formula is C6H7NO2. The second-order valence-corrected chi connectivity index (χ2v) is 1.99. The van der Waals surface area contributed by atoms with Crippen LogP contribution in [0.1, 0.15) is 12.8 Å². The molecule has 1 atom stereocenters. The summed E-state index contributed by atoms with van der Waals surface area (Å²) in [4.78, 5) is 10.6. The minimum atomic E-state index is -0.501. The van der Waals surface area contributed by atoms with Gasteiger partial charge in [0.05, 0.1) is 12.7 Å². The van der Waals surface area contributed by atoms with Gasteiger partial charge in [-0.15, -0.1) is 0 Å². The Morgan fingerprint density at radius 3 is 3.00 bits per heavy atom. The zero-order valence-corrected chi connectivity index (χ0v) is 4.96. The van der Waals surface area contributed by atoms with Crippen molar-refractivity contribution in [2.45, 2.75) is 12.8 Å². The fourth-order valence-electron chi connectivity index (χ4n) is 0.796. The van der Waals surface area contributed by atoms with Crippen LogP contribution in [0, 0.1) is 17.2 Å². The van der Waals surface area contributed by atoms with E-state index in [9.17, 15) is 4.79 Å². The quantitative estimate of drug-likeness (QED) is 0.442. The van der Waals surface area contributed by atoms with Crippen LogP contribution in [0.25, 0.3) is 0 Å². The number of cyclic esters (lactones) is 1. The second kappa shape index (κ2) is 2.49. The van der Waals surface area contributed by atoms with Gasteiger partial charge < -0.3 is 4.74 Å². The van der Waals surface area contributed by atoms with E-state index in [1.165, 1.54) is 0 Å². The van der Waals surface area contributed by atoms with Gasteiger partial charge >= 0.3 is 5.97 Å². The Bertz CT molecular complexity index is 159. The third kappa shape index (κ3) is 1.20. The van der Waals surface area contributed by atoms with Crippen LogP contribution in [-0.4, -0.2) is 12.6 Å². The van der Waals surface area contributed by atoms with Crippen LogP contribution in [0.4, 0.5) is 0 Å². The lowest BCUT2D eigenvalue weighted by Gasteiger charge is -2.13. The maximum Gasteiger partial charge on any atom is 0.323 e. The van der Waals surface area contributed by atoms with E-state index in [0.29, 0.717) is 13.0 Å². The van der Waals surface area contributed by atoms with E-state index in [1.807, 2.05) is 6.07 Å². The molecule has 0 aromatic rings. The van der Waals surface area contributed by atoms with Gasteiger partial charge in [-0.25, -0.2) is 0 Å². The van der Waals surface area contributed by atoms with E-state index in [0.717, 1.165) is 6.42 Å². The van der Waals surface area contributed by atoms with Crippen LogP contribution in [-0.2, 0) is 9.53 Å². The third-order valence-electron chi connectivity index (χ3n) is 1.32. The minimum Gasteiger partial charge on any atom is -0.465 e. The van der Waals surface area contributed by atoms with Gasteiger partial charge in [0.15, 0.2) is 0 Å². The van der Waals surface area contributed by atoms with E-state index in [4.69, 9.17) is 5.26 Å². The third-order valence-corrected chi connectivity index (χ3v) is 1.32. The van der Waals surface area contributed by atoms with Crippen molar-refractivity contribution in [3.63, 3.8) is 0 Å². The van der Waals surface area contributed by atoms with Gasteiger partial charge in [-0.05, 0) is 12.8 Å². The van der Waals surface area contributed by atoms with E-state index in [1.54, 1.807) is 0 Å². The predicted octanol–water partition coefficient (Wildman–Crippen LogP) is 0.463. The first kappa shape index (κ1) is 6.09. The van der Waals surface area contributed by atoms with Gasteiger partial charge in [-0.1, -0.05) is 0 Å². The van der Waals surface area contributed by atoms with Gasteiger partial charge in [-0.2, -0.15) is 5.26 Å². The number of esters is 1. The zero-order chi connectivity index (χ0) is 6.69. The molecule has 1 aliphatic rings. The fraction of sp³-hybridized carbons (Fsp3) is 0.667. The number of hydrogen-bond acceptors (Lipinski definition) is 3. The summed E-state index contributed by atoms with van der Waals surface area (Å²) >= 11 is 0. The molecule has 1 rings (SSSR count). The summed E-state index contributed by atoms with van der Waals surface area (Å²) < 4.78 is 4.62. The largest absolute Gasteiger partial charge is 0.465 e. The van der Waals surface area contributed by atoms with Crippen molar-refractivity contribution >= 4 is 5.97 Å². The molecule has 0 aromatic heterocycles. The number of rotatable bonds is 0. The summed E-state index contributed by atoms with van der Waals surface area (Å²) in [7, 11) is 0. The summed E-state index contributed by atoms with van der Waals surface area (Å²) in [6.07, 6.45) is 1.49. The molecule has 0 radical (unpaired) electrons. The maximum atomic E-state index is 10.6. The number of nitriles is 1. The molecule has 0 N–H and O–H groups in total. The molecule has 9 heavy (non-hydrogen) atoms. The van der Waals surface area contributed by atoms with Gasteiger partial charge in [0, 0.05) is 0 Å². The number of carbonyl (C=O) groups excluding carboxylic acids is 1. The highest BCUT2D eigenvalue weighted by molar-refractivity contribution is 5.75. The minimum absolute atomic E-state index is 0.358.